The van der Waals surface area contributed by atoms with Gasteiger partial charge in [0.05, 0.1) is 0 Å². The van der Waals surface area contributed by atoms with E-state index in [1.54, 1.807) is 0 Å². The molecular formula is C52H33NS. The van der Waals surface area contributed by atoms with Gasteiger partial charge < -0.3 is 4.90 Å². The molecule has 0 N–H and O–H groups in total. The molecule has 0 radical (unpaired) electrons. The lowest BCUT2D eigenvalue weighted by molar-refractivity contribution is 1.28. The summed E-state index contributed by atoms with van der Waals surface area (Å²) in [6, 6.07) is 73.3. The Hall–Kier alpha value is -6.74. The number of thiophene rings is 1. The van der Waals surface area contributed by atoms with Crippen molar-refractivity contribution in [3.63, 3.8) is 0 Å². The van der Waals surface area contributed by atoms with Crippen LogP contribution >= 0.6 is 11.3 Å². The lowest BCUT2D eigenvalue weighted by Gasteiger charge is -2.26. The molecule has 0 saturated carbocycles. The lowest BCUT2D eigenvalue weighted by Crippen LogP contribution is -2.09. The number of rotatable bonds is 5. The monoisotopic (exact) mass is 703 g/mol. The average Bonchev–Trinajstić information content (AvgIpc) is 3.64. The van der Waals surface area contributed by atoms with Gasteiger partial charge in [-0.25, -0.2) is 0 Å². The Bertz CT molecular complexity index is 3120. The number of anilines is 3. The van der Waals surface area contributed by atoms with Crippen molar-refractivity contribution >= 4 is 91.7 Å². The molecule has 0 amide bonds. The minimum atomic E-state index is 1.12. The molecule has 0 aliphatic heterocycles. The van der Waals surface area contributed by atoms with E-state index < -0.39 is 0 Å². The minimum absolute atomic E-state index is 1.12. The molecule has 11 aromatic rings. The Morgan fingerprint density at radius 3 is 1.35 bits per heavy atom. The summed E-state index contributed by atoms with van der Waals surface area (Å²) in [4.78, 5) is 2.33. The average molecular weight is 704 g/mol. The van der Waals surface area contributed by atoms with Crippen molar-refractivity contribution in [2.75, 3.05) is 4.90 Å². The molecule has 1 heterocycles. The van der Waals surface area contributed by atoms with Crippen LogP contribution in [0.15, 0.2) is 200 Å². The molecule has 2 heteroatoms. The summed E-state index contributed by atoms with van der Waals surface area (Å²) in [6.07, 6.45) is 0. The van der Waals surface area contributed by atoms with E-state index in [2.05, 4.69) is 205 Å². The predicted molar refractivity (Wildman–Crippen MR) is 235 cm³/mol. The van der Waals surface area contributed by atoms with Crippen molar-refractivity contribution in [2.24, 2.45) is 0 Å². The van der Waals surface area contributed by atoms with Crippen molar-refractivity contribution < 1.29 is 0 Å². The molecule has 0 atom stereocenters. The van der Waals surface area contributed by atoms with Crippen LogP contribution in [0.5, 0.6) is 0 Å². The second kappa shape index (κ2) is 12.4. The van der Waals surface area contributed by atoms with Gasteiger partial charge in [0.25, 0.3) is 0 Å². The fourth-order valence-corrected chi connectivity index (χ4v) is 9.92. The molecule has 0 bridgehead atoms. The van der Waals surface area contributed by atoms with Crippen LogP contribution in [0.25, 0.3) is 85.5 Å². The molecule has 1 aromatic heterocycles. The zero-order valence-corrected chi connectivity index (χ0v) is 30.2. The third kappa shape index (κ3) is 4.78. The molecular weight excluding hydrogens is 671 g/mol. The van der Waals surface area contributed by atoms with Gasteiger partial charge in [0, 0.05) is 42.6 Å². The Labute approximate surface area is 317 Å². The van der Waals surface area contributed by atoms with E-state index in [9.17, 15) is 0 Å². The summed E-state index contributed by atoms with van der Waals surface area (Å²) in [7, 11) is 0. The first-order chi connectivity index (χ1) is 26.8. The van der Waals surface area contributed by atoms with Gasteiger partial charge in [0.15, 0.2) is 0 Å². The molecule has 0 fully saturated rings. The predicted octanol–water partition coefficient (Wildman–Crippen LogP) is 15.5. The van der Waals surface area contributed by atoms with Crippen LogP contribution in [0, 0.1) is 0 Å². The highest BCUT2D eigenvalue weighted by molar-refractivity contribution is 7.26. The van der Waals surface area contributed by atoms with E-state index in [1.165, 1.54) is 85.5 Å². The number of para-hydroxylation sites is 2. The van der Waals surface area contributed by atoms with E-state index in [-0.39, 0.29) is 0 Å². The fourth-order valence-electron chi connectivity index (χ4n) is 8.67. The van der Waals surface area contributed by atoms with Crippen LogP contribution < -0.4 is 4.90 Å². The van der Waals surface area contributed by atoms with Gasteiger partial charge in [-0.3, -0.25) is 0 Å². The maximum atomic E-state index is 2.46. The first-order valence-electron chi connectivity index (χ1n) is 18.5. The molecule has 10 aromatic carbocycles. The van der Waals surface area contributed by atoms with Crippen LogP contribution in [0.1, 0.15) is 0 Å². The van der Waals surface area contributed by atoms with Crippen molar-refractivity contribution in [1.82, 2.24) is 0 Å². The highest BCUT2D eigenvalue weighted by Gasteiger charge is 2.22. The second-order valence-electron chi connectivity index (χ2n) is 14.0. The normalized spacial score (nSPS) is 11.7. The Morgan fingerprint density at radius 1 is 0.296 bits per heavy atom. The largest absolute Gasteiger partial charge is 0.311 e. The third-order valence-corrected chi connectivity index (χ3v) is 12.2. The van der Waals surface area contributed by atoms with E-state index in [0.717, 1.165) is 17.1 Å². The quantitative estimate of drug-likeness (QED) is 0.161. The van der Waals surface area contributed by atoms with Crippen LogP contribution in [0.4, 0.5) is 17.1 Å². The Balaban J connectivity index is 1.22. The minimum Gasteiger partial charge on any atom is -0.311 e. The molecule has 0 aliphatic rings. The van der Waals surface area contributed by atoms with Crippen LogP contribution in [-0.4, -0.2) is 0 Å². The SMILES string of the molecule is c1ccc(N(c2ccccc2)c2ccc(-c3c(-c4ccc5c6ccccc6c6ccccc6c5c4)c4c5ccccc5sc4c4ccccc34)cc2)cc1. The van der Waals surface area contributed by atoms with Crippen molar-refractivity contribution in [3.8, 4) is 22.3 Å². The van der Waals surface area contributed by atoms with Crippen LogP contribution in [0.2, 0.25) is 0 Å². The van der Waals surface area contributed by atoms with E-state index >= 15 is 0 Å². The number of benzene rings is 10. The second-order valence-corrected chi connectivity index (χ2v) is 15.1. The Kier molecular flexibility index (Phi) is 7.11. The lowest BCUT2D eigenvalue weighted by atomic mass is 9.85. The van der Waals surface area contributed by atoms with Crippen LogP contribution in [-0.2, 0) is 0 Å². The van der Waals surface area contributed by atoms with E-state index in [1.807, 2.05) is 11.3 Å². The van der Waals surface area contributed by atoms with Crippen molar-refractivity contribution in [1.29, 1.82) is 0 Å². The maximum absolute atomic E-state index is 2.46. The number of nitrogens with zero attached hydrogens (tertiary/aromatic N) is 1. The smallest absolute Gasteiger partial charge is 0.0462 e. The summed E-state index contributed by atoms with van der Waals surface area (Å²) in [6.45, 7) is 0. The molecule has 1 nitrogen and oxygen atoms in total. The molecule has 54 heavy (non-hydrogen) atoms. The highest BCUT2D eigenvalue weighted by atomic mass is 32.1. The molecule has 0 unspecified atom stereocenters. The van der Waals surface area contributed by atoms with E-state index in [0.29, 0.717) is 0 Å². The zero-order valence-electron chi connectivity index (χ0n) is 29.4. The van der Waals surface area contributed by atoms with E-state index in [4.69, 9.17) is 0 Å². The van der Waals surface area contributed by atoms with Gasteiger partial charge in [-0.1, -0.05) is 152 Å². The summed E-state index contributed by atoms with van der Waals surface area (Å²) in [5.41, 5.74) is 8.37. The van der Waals surface area contributed by atoms with Crippen molar-refractivity contribution in [2.45, 2.75) is 0 Å². The summed E-state index contributed by atoms with van der Waals surface area (Å²) >= 11 is 1.91. The van der Waals surface area contributed by atoms with Gasteiger partial charge in [-0.2, -0.15) is 0 Å². The van der Waals surface area contributed by atoms with Gasteiger partial charge in [-0.05, 0) is 108 Å². The van der Waals surface area contributed by atoms with Gasteiger partial charge >= 0.3 is 0 Å². The molecule has 0 spiro atoms. The highest BCUT2D eigenvalue weighted by Crippen LogP contribution is 2.51. The van der Waals surface area contributed by atoms with Crippen LogP contribution in [0.3, 0.4) is 0 Å². The third-order valence-electron chi connectivity index (χ3n) is 11.0. The summed E-state index contributed by atoms with van der Waals surface area (Å²) in [5.74, 6) is 0. The number of fused-ring (bicyclic) bond motifs is 11. The fraction of sp³-hybridized carbons (Fsp3) is 0. The number of hydrogen-bond donors (Lipinski definition) is 0. The molecule has 252 valence electrons. The molecule has 0 saturated heterocycles. The first kappa shape index (κ1) is 30.8. The Morgan fingerprint density at radius 2 is 0.741 bits per heavy atom. The maximum Gasteiger partial charge on any atom is 0.0462 e. The van der Waals surface area contributed by atoms with Gasteiger partial charge in [0.2, 0.25) is 0 Å². The van der Waals surface area contributed by atoms with Gasteiger partial charge in [0.1, 0.15) is 0 Å². The number of hydrogen-bond acceptors (Lipinski definition) is 2. The first-order valence-corrected chi connectivity index (χ1v) is 19.3. The molecule has 11 rings (SSSR count). The van der Waals surface area contributed by atoms with Gasteiger partial charge in [-0.15, -0.1) is 11.3 Å². The van der Waals surface area contributed by atoms with Crippen molar-refractivity contribution in [3.05, 3.63) is 200 Å². The zero-order chi connectivity index (χ0) is 35.6. The summed E-state index contributed by atoms with van der Waals surface area (Å²) in [5, 5.41) is 12.9. The standard InChI is InChI=1S/C52H33NS/c1-3-15-36(16-4-1)53(37-17-5-2-6-18-37)38-30-27-34(28-31-38)49-44-23-11-12-24-45(44)52-51(46-25-13-14-26-48(46)54-52)50(49)35-29-32-43-41-21-8-7-19-39(41)40-20-9-10-22-42(40)47(43)33-35/h1-33H. The topological polar surface area (TPSA) is 3.24 Å². The molecule has 0 aliphatic carbocycles. The summed E-state index contributed by atoms with van der Waals surface area (Å²) < 4.78 is 2.65.